The number of nitrogens with zero attached hydrogens (tertiary/aromatic N) is 3. The summed E-state index contributed by atoms with van der Waals surface area (Å²) in [6.45, 7) is 2.08. The zero-order valence-corrected chi connectivity index (χ0v) is 16.3. The van der Waals surface area contributed by atoms with Gasteiger partial charge in [-0.1, -0.05) is 40.2 Å². The molecule has 4 rings (SSSR count). The van der Waals surface area contributed by atoms with Crippen molar-refractivity contribution in [2.24, 2.45) is 4.99 Å². The molecule has 2 heterocycles. The van der Waals surface area contributed by atoms with E-state index in [1.807, 2.05) is 41.3 Å². The summed E-state index contributed by atoms with van der Waals surface area (Å²) in [5, 5.41) is 0. The quantitative estimate of drug-likeness (QED) is 0.654. The van der Waals surface area contributed by atoms with E-state index in [2.05, 4.69) is 38.0 Å². The van der Waals surface area contributed by atoms with Gasteiger partial charge in [-0.2, -0.15) is 0 Å². The van der Waals surface area contributed by atoms with E-state index < -0.39 is 0 Å². The van der Waals surface area contributed by atoms with E-state index in [-0.39, 0.29) is 22.8 Å². The van der Waals surface area contributed by atoms with Gasteiger partial charge in [-0.05, 0) is 30.7 Å². The van der Waals surface area contributed by atoms with Gasteiger partial charge < -0.3 is 9.80 Å². The highest BCUT2D eigenvalue weighted by molar-refractivity contribution is 9.10. The summed E-state index contributed by atoms with van der Waals surface area (Å²) in [5.74, 6) is 0.997. The van der Waals surface area contributed by atoms with E-state index >= 15 is 0 Å². The molecule has 2 aliphatic heterocycles. The van der Waals surface area contributed by atoms with Crippen molar-refractivity contribution in [1.29, 1.82) is 0 Å². The summed E-state index contributed by atoms with van der Waals surface area (Å²) in [4.78, 5) is 21.6. The lowest BCUT2D eigenvalue weighted by molar-refractivity contribution is 0.100. The summed E-state index contributed by atoms with van der Waals surface area (Å²) < 4.78 is 0.918. The lowest BCUT2D eigenvalue weighted by atomic mass is 10.1. The third kappa shape index (κ3) is 3.00. The molecule has 2 aromatic rings. The first-order chi connectivity index (χ1) is 11.2. The number of hydrogen-bond acceptors (Lipinski definition) is 4. The van der Waals surface area contributed by atoms with Crippen LogP contribution in [0.25, 0.3) is 0 Å². The molecule has 0 fully saturated rings. The molecule has 0 unspecified atom stereocenters. The molecule has 0 amide bonds. The molecule has 0 aromatic heterocycles. The molecule has 6 heteroatoms. The maximum absolute atomic E-state index is 12.7. The first kappa shape index (κ1) is 17.2. The number of hydrogen-bond donors (Lipinski definition) is 0. The van der Waals surface area contributed by atoms with Crippen LogP contribution in [0.15, 0.2) is 58.0 Å². The third-order valence-corrected chi connectivity index (χ3v) is 4.68. The van der Waals surface area contributed by atoms with Crippen LogP contribution in [0.3, 0.4) is 0 Å². The number of benzene rings is 2. The number of rotatable bonds is 3. The highest BCUT2D eigenvalue weighted by Crippen LogP contribution is 2.38. The molecule has 0 aliphatic carbocycles. The molecule has 24 heavy (non-hydrogen) atoms. The van der Waals surface area contributed by atoms with Crippen LogP contribution >= 0.6 is 32.9 Å². The van der Waals surface area contributed by atoms with Crippen LogP contribution in [-0.4, -0.2) is 31.4 Å². The second-order valence-corrected chi connectivity index (χ2v) is 6.61. The maximum atomic E-state index is 12.7. The number of carbonyl (C=O) groups excluding carboxylic acids is 1. The lowest BCUT2D eigenvalue weighted by Crippen LogP contribution is -2.43. The van der Waals surface area contributed by atoms with Gasteiger partial charge in [-0.3, -0.25) is 9.79 Å². The number of ketones is 1. The summed E-state index contributed by atoms with van der Waals surface area (Å²) >= 11 is 3.43. The molecule has 2 aliphatic rings. The van der Waals surface area contributed by atoms with Crippen molar-refractivity contribution in [2.75, 3.05) is 29.4 Å². The van der Waals surface area contributed by atoms with Gasteiger partial charge in [-0.25, -0.2) is 0 Å². The van der Waals surface area contributed by atoms with Gasteiger partial charge in [-0.15, -0.1) is 17.0 Å². The highest BCUT2D eigenvalue weighted by atomic mass is 79.9. The number of halogens is 2. The minimum atomic E-state index is 0. The van der Waals surface area contributed by atoms with Crippen molar-refractivity contribution in [2.45, 2.75) is 6.42 Å². The number of para-hydroxylation sites is 2. The second kappa shape index (κ2) is 7.07. The Morgan fingerprint density at radius 3 is 2.71 bits per heavy atom. The van der Waals surface area contributed by atoms with E-state index in [9.17, 15) is 4.79 Å². The molecule has 0 bridgehead atoms. The summed E-state index contributed by atoms with van der Waals surface area (Å²) in [5.41, 5.74) is 2.93. The zero-order chi connectivity index (χ0) is 15.8. The van der Waals surface area contributed by atoms with Crippen molar-refractivity contribution < 1.29 is 4.79 Å². The van der Waals surface area contributed by atoms with E-state index in [1.165, 1.54) is 0 Å². The molecule has 2 aromatic carbocycles. The Balaban J connectivity index is 0.00000169. The Kier molecular flexibility index (Phi) is 5.06. The Morgan fingerprint density at radius 2 is 1.92 bits per heavy atom. The first-order valence-corrected chi connectivity index (χ1v) is 8.51. The van der Waals surface area contributed by atoms with E-state index in [4.69, 9.17) is 0 Å². The summed E-state index contributed by atoms with van der Waals surface area (Å²) in [6, 6.07) is 15.7. The fourth-order valence-electron chi connectivity index (χ4n) is 3.13. The van der Waals surface area contributed by atoms with Crippen LogP contribution in [0.1, 0.15) is 16.8 Å². The number of Topliss-reactive ketones (excluding diaryl/α,β-unsaturated/α-hetero) is 1. The van der Waals surface area contributed by atoms with Crippen molar-refractivity contribution in [3.63, 3.8) is 0 Å². The van der Waals surface area contributed by atoms with Crippen LogP contribution in [-0.2, 0) is 0 Å². The molecular weight excluding hydrogens is 434 g/mol. The van der Waals surface area contributed by atoms with Crippen molar-refractivity contribution >= 4 is 56.0 Å². The Labute approximate surface area is 160 Å². The highest BCUT2D eigenvalue weighted by Gasteiger charge is 2.34. The van der Waals surface area contributed by atoms with Crippen molar-refractivity contribution in [3.8, 4) is 0 Å². The Morgan fingerprint density at radius 1 is 1.12 bits per heavy atom. The van der Waals surface area contributed by atoms with Gasteiger partial charge in [0, 0.05) is 23.1 Å². The molecule has 0 atom stereocenters. The van der Waals surface area contributed by atoms with E-state index in [1.54, 1.807) is 0 Å². The van der Waals surface area contributed by atoms with Crippen LogP contribution in [0.2, 0.25) is 0 Å². The fraction of sp³-hybridized carbons (Fsp3) is 0.222. The normalized spacial score (nSPS) is 15.3. The van der Waals surface area contributed by atoms with Gasteiger partial charge in [0.05, 0.1) is 17.9 Å². The topological polar surface area (TPSA) is 35.9 Å². The molecule has 0 saturated heterocycles. The molecule has 0 saturated carbocycles. The Hall–Kier alpha value is -1.66. The second-order valence-electron chi connectivity index (χ2n) is 5.70. The number of fused-ring (bicyclic) bond motifs is 3. The molecule has 124 valence electrons. The van der Waals surface area contributed by atoms with Crippen LogP contribution in [0.4, 0.5) is 11.4 Å². The number of anilines is 2. The van der Waals surface area contributed by atoms with Crippen molar-refractivity contribution in [1.82, 2.24) is 0 Å². The van der Waals surface area contributed by atoms with Crippen molar-refractivity contribution in [3.05, 3.63) is 58.6 Å². The largest absolute Gasteiger partial charge is 0.310 e. The van der Waals surface area contributed by atoms with Crippen LogP contribution in [0, 0.1) is 0 Å². The predicted octanol–water partition coefficient (Wildman–Crippen LogP) is 4.30. The van der Waals surface area contributed by atoms with Gasteiger partial charge in [0.25, 0.3) is 0 Å². The maximum Gasteiger partial charge on any atom is 0.206 e. The standard InChI is InChI=1S/C18H16BrN3O.BrH/c19-14-6-3-5-13(11-14)17(23)12-22-16-8-2-1-7-15(16)21-10-4-9-20-18(21)22;/h1-3,5-8,11H,4,9-10,12H2;1H. The first-order valence-electron chi connectivity index (χ1n) is 7.71. The fourth-order valence-corrected chi connectivity index (χ4v) is 3.53. The monoisotopic (exact) mass is 449 g/mol. The average molecular weight is 451 g/mol. The van der Waals surface area contributed by atoms with Gasteiger partial charge in [0.2, 0.25) is 5.96 Å². The number of guanidine groups is 1. The molecule has 4 nitrogen and oxygen atoms in total. The molecule has 0 spiro atoms. The minimum absolute atomic E-state index is 0. The summed E-state index contributed by atoms with van der Waals surface area (Å²) in [7, 11) is 0. The third-order valence-electron chi connectivity index (χ3n) is 4.19. The lowest BCUT2D eigenvalue weighted by Gasteiger charge is -2.26. The number of carbonyl (C=O) groups is 1. The summed E-state index contributed by atoms with van der Waals surface area (Å²) in [6.07, 6.45) is 1.05. The average Bonchev–Trinajstić information content (AvgIpc) is 2.90. The SMILES string of the molecule is Br.O=C(CN1C2=NCCCN2c2ccccc21)c1cccc(Br)c1. The van der Waals surface area contributed by atoms with Crippen LogP contribution < -0.4 is 9.80 Å². The van der Waals surface area contributed by atoms with Gasteiger partial charge >= 0.3 is 0 Å². The van der Waals surface area contributed by atoms with Crippen LogP contribution in [0.5, 0.6) is 0 Å². The number of aliphatic imine (C=N–C) groups is 1. The van der Waals surface area contributed by atoms with E-state index in [0.29, 0.717) is 12.1 Å². The minimum Gasteiger partial charge on any atom is -0.310 e. The molecular formula is C18H17Br2N3O. The molecule has 0 radical (unpaired) electrons. The zero-order valence-electron chi connectivity index (χ0n) is 13.0. The van der Waals surface area contributed by atoms with E-state index in [0.717, 1.165) is 41.3 Å². The predicted molar refractivity (Wildman–Crippen MR) is 107 cm³/mol. The van der Waals surface area contributed by atoms with Gasteiger partial charge in [0.15, 0.2) is 5.78 Å². The van der Waals surface area contributed by atoms with Gasteiger partial charge in [0.1, 0.15) is 0 Å². The Bertz CT molecular complexity index is 806. The smallest absolute Gasteiger partial charge is 0.206 e. The molecule has 0 N–H and O–H groups in total.